The lowest BCUT2D eigenvalue weighted by atomic mass is 10.0. The molecular weight excluding hydrogens is 414 g/mol. The Morgan fingerprint density at radius 3 is 2.48 bits per heavy atom. The second kappa shape index (κ2) is 13.2. The van der Waals surface area contributed by atoms with Crippen LogP contribution in [0.3, 0.4) is 0 Å². The first-order valence-corrected chi connectivity index (χ1v) is 11.7. The predicted molar refractivity (Wildman–Crippen MR) is 124 cm³/mol. The number of amides is 1. The van der Waals surface area contributed by atoms with Gasteiger partial charge >= 0.3 is 5.97 Å². The topological polar surface area (TPSA) is 87.1 Å². The minimum atomic E-state index is -0.877. The van der Waals surface area contributed by atoms with E-state index in [2.05, 4.69) is 6.92 Å². The van der Waals surface area contributed by atoms with E-state index in [1.807, 2.05) is 29.2 Å². The highest BCUT2D eigenvalue weighted by Gasteiger charge is 2.19. The van der Waals surface area contributed by atoms with E-state index in [1.54, 1.807) is 19.2 Å². The second-order valence-electron chi connectivity index (χ2n) is 7.61. The summed E-state index contributed by atoms with van der Waals surface area (Å²) in [4.78, 5) is 25.4. The summed E-state index contributed by atoms with van der Waals surface area (Å²) in [6, 6.07) is 11.2. The molecule has 2 aromatic rings. The summed E-state index contributed by atoms with van der Waals surface area (Å²) in [7, 11) is 1.58. The fourth-order valence-corrected chi connectivity index (χ4v) is 4.24. The van der Waals surface area contributed by atoms with Gasteiger partial charge in [-0.25, -0.2) is 4.79 Å². The number of carbonyl (C=O) groups excluding carboxylic acids is 1. The third-order valence-corrected chi connectivity index (χ3v) is 6.20. The van der Waals surface area contributed by atoms with Gasteiger partial charge in [-0.05, 0) is 49.1 Å². The van der Waals surface area contributed by atoms with Crippen LogP contribution in [0.15, 0.2) is 36.4 Å². The molecule has 6 nitrogen and oxygen atoms in total. The number of ether oxygens (including phenoxy) is 1. The standard InChI is InChI=1S/C17H25NO2.C7H8O3S/c1-2-3-4-7-16(19)14-9-11-15(12-10-14)18-13-6-5-8-17(18)20;1-10-4-5-2-3-6(11-5)7(8)9/h9-12,16,19H,2-8,13H2,1H3;2-3H,4H2,1H3,(H,8,9). The lowest BCUT2D eigenvalue weighted by molar-refractivity contribution is -0.119. The van der Waals surface area contributed by atoms with E-state index in [1.165, 1.54) is 17.8 Å². The Kier molecular flexibility index (Phi) is 10.7. The number of aliphatic hydroxyl groups is 1. The van der Waals surface area contributed by atoms with Crippen LogP contribution in [-0.4, -0.2) is 35.7 Å². The van der Waals surface area contributed by atoms with Gasteiger partial charge in [-0.3, -0.25) is 4.79 Å². The van der Waals surface area contributed by atoms with Crippen molar-refractivity contribution in [3.8, 4) is 0 Å². The molecular formula is C24H33NO5S. The van der Waals surface area contributed by atoms with Gasteiger partial charge in [-0.1, -0.05) is 38.3 Å². The van der Waals surface area contributed by atoms with Crippen LogP contribution in [0, 0.1) is 0 Å². The number of aliphatic hydroxyl groups excluding tert-OH is 1. The molecule has 1 atom stereocenters. The van der Waals surface area contributed by atoms with Crippen molar-refractivity contribution in [3.05, 3.63) is 51.7 Å². The number of methoxy groups -OCH3 is 1. The van der Waals surface area contributed by atoms with Gasteiger partial charge in [-0.2, -0.15) is 0 Å². The van der Waals surface area contributed by atoms with Crippen LogP contribution in [-0.2, 0) is 16.1 Å². The quantitative estimate of drug-likeness (QED) is 0.502. The molecule has 2 N–H and O–H groups in total. The highest BCUT2D eigenvalue weighted by Crippen LogP contribution is 2.25. The number of carbonyl (C=O) groups is 2. The number of unbranched alkanes of at least 4 members (excludes halogenated alkanes) is 2. The summed E-state index contributed by atoms with van der Waals surface area (Å²) in [6.07, 6.45) is 6.56. The SMILES string of the molecule is CCCCCC(O)c1ccc(N2CCCCC2=O)cc1.COCc1ccc(C(=O)O)s1. The van der Waals surface area contributed by atoms with Crippen LogP contribution in [0.1, 0.15) is 78.1 Å². The smallest absolute Gasteiger partial charge is 0.345 e. The number of nitrogens with zero attached hydrogens (tertiary/aromatic N) is 1. The minimum Gasteiger partial charge on any atom is -0.477 e. The number of benzene rings is 1. The van der Waals surface area contributed by atoms with Crippen LogP contribution in [0.2, 0.25) is 0 Å². The number of rotatable bonds is 9. The largest absolute Gasteiger partial charge is 0.477 e. The summed E-state index contributed by atoms with van der Waals surface area (Å²) in [5, 5.41) is 18.7. The highest BCUT2D eigenvalue weighted by atomic mass is 32.1. The number of thiophene rings is 1. The summed E-state index contributed by atoms with van der Waals surface area (Å²) < 4.78 is 4.84. The van der Waals surface area contributed by atoms with Crippen LogP contribution < -0.4 is 4.90 Å². The highest BCUT2D eigenvalue weighted by molar-refractivity contribution is 7.13. The van der Waals surface area contributed by atoms with Gasteiger partial charge in [0.15, 0.2) is 0 Å². The lowest BCUT2D eigenvalue weighted by Crippen LogP contribution is -2.35. The van der Waals surface area contributed by atoms with Gasteiger partial charge in [0.2, 0.25) is 5.91 Å². The third kappa shape index (κ3) is 8.09. The number of hydrogen-bond donors (Lipinski definition) is 2. The molecule has 7 heteroatoms. The van der Waals surface area contributed by atoms with Crippen LogP contribution in [0.5, 0.6) is 0 Å². The summed E-state index contributed by atoms with van der Waals surface area (Å²) >= 11 is 1.24. The van der Waals surface area contributed by atoms with Crippen LogP contribution in [0.4, 0.5) is 5.69 Å². The first kappa shape index (κ1) is 25.0. The number of anilines is 1. The number of aromatic carboxylic acids is 1. The average Bonchev–Trinajstić information content (AvgIpc) is 3.24. The monoisotopic (exact) mass is 447 g/mol. The Morgan fingerprint density at radius 2 is 1.90 bits per heavy atom. The van der Waals surface area contributed by atoms with E-state index < -0.39 is 5.97 Å². The molecule has 170 valence electrons. The van der Waals surface area contributed by atoms with E-state index in [9.17, 15) is 14.7 Å². The summed E-state index contributed by atoms with van der Waals surface area (Å²) in [6.45, 7) is 3.46. The molecule has 1 aromatic heterocycles. The van der Waals surface area contributed by atoms with Gasteiger partial charge in [0.1, 0.15) is 4.88 Å². The van der Waals surface area contributed by atoms with Crippen molar-refractivity contribution in [2.24, 2.45) is 0 Å². The first-order chi connectivity index (χ1) is 15.0. The molecule has 1 aliphatic heterocycles. The molecule has 1 amide bonds. The number of piperidine rings is 1. The molecule has 0 bridgehead atoms. The maximum Gasteiger partial charge on any atom is 0.345 e. The fraction of sp³-hybridized carbons (Fsp3) is 0.500. The Morgan fingerprint density at radius 1 is 1.16 bits per heavy atom. The molecule has 1 aliphatic rings. The van der Waals surface area contributed by atoms with Gasteiger partial charge < -0.3 is 19.8 Å². The van der Waals surface area contributed by atoms with Crippen molar-refractivity contribution < 1.29 is 24.5 Å². The zero-order chi connectivity index (χ0) is 22.6. The van der Waals surface area contributed by atoms with E-state index in [-0.39, 0.29) is 12.0 Å². The fourth-order valence-electron chi connectivity index (χ4n) is 3.42. The summed E-state index contributed by atoms with van der Waals surface area (Å²) in [5.41, 5.74) is 1.91. The van der Waals surface area contributed by atoms with E-state index in [0.717, 1.165) is 54.8 Å². The number of carboxylic acids is 1. The lowest BCUT2D eigenvalue weighted by Gasteiger charge is -2.27. The molecule has 0 spiro atoms. The average molecular weight is 448 g/mol. The Balaban J connectivity index is 0.000000262. The van der Waals surface area contributed by atoms with Gasteiger partial charge in [0, 0.05) is 30.6 Å². The molecule has 1 saturated heterocycles. The molecule has 1 unspecified atom stereocenters. The van der Waals surface area contributed by atoms with Crippen LogP contribution >= 0.6 is 11.3 Å². The Labute approximate surface area is 188 Å². The number of hydrogen-bond acceptors (Lipinski definition) is 5. The van der Waals surface area contributed by atoms with E-state index in [0.29, 0.717) is 17.9 Å². The molecule has 0 aliphatic carbocycles. The van der Waals surface area contributed by atoms with E-state index >= 15 is 0 Å². The normalized spacial score (nSPS) is 14.7. The van der Waals surface area contributed by atoms with Gasteiger partial charge in [0.25, 0.3) is 0 Å². The zero-order valence-electron chi connectivity index (χ0n) is 18.4. The van der Waals surface area contributed by atoms with Crippen molar-refractivity contribution in [3.63, 3.8) is 0 Å². The Bertz CT molecular complexity index is 818. The number of carboxylic acid groups (broad SMARTS) is 1. The van der Waals surface area contributed by atoms with Crippen molar-refractivity contribution >= 4 is 28.9 Å². The van der Waals surface area contributed by atoms with Crippen molar-refractivity contribution in [1.29, 1.82) is 0 Å². The molecule has 2 heterocycles. The molecule has 3 rings (SSSR count). The predicted octanol–water partition coefficient (Wildman–Crippen LogP) is 5.41. The molecule has 31 heavy (non-hydrogen) atoms. The van der Waals surface area contributed by atoms with Crippen molar-refractivity contribution in [2.45, 2.75) is 64.6 Å². The molecule has 0 saturated carbocycles. The third-order valence-electron chi connectivity index (χ3n) is 5.15. The van der Waals surface area contributed by atoms with Crippen molar-refractivity contribution in [2.75, 3.05) is 18.6 Å². The van der Waals surface area contributed by atoms with Crippen LogP contribution in [0.25, 0.3) is 0 Å². The van der Waals surface area contributed by atoms with E-state index in [4.69, 9.17) is 9.84 Å². The second-order valence-corrected chi connectivity index (χ2v) is 8.78. The molecule has 0 radical (unpaired) electrons. The zero-order valence-corrected chi connectivity index (χ0v) is 19.2. The minimum absolute atomic E-state index is 0.215. The van der Waals surface area contributed by atoms with Crippen molar-refractivity contribution in [1.82, 2.24) is 0 Å². The maximum atomic E-state index is 11.9. The summed E-state index contributed by atoms with van der Waals surface area (Å²) in [5.74, 6) is -0.662. The maximum absolute atomic E-state index is 11.9. The van der Waals surface area contributed by atoms with Gasteiger partial charge in [0.05, 0.1) is 12.7 Å². The molecule has 1 fully saturated rings. The molecule has 1 aromatic carbocycles. The Hall–Kier alpha value is -2.22. The first-order valence-electron chi connectivity index (χ1n) is 10.9. The van der Waals surface area contributed by atoms with Gasteiger partial charge in [-0.15, -0.1) is 11.3 Å².